The number of rotatable bonds is 11. The Morgan fingerprint density at radius 1 is 1.21 bits per heavy atom. The summed E-state index contributed by atoms with van der Waals surface area (Å²) >= 11 is 0. The predicted octanol–water partition coefficient (Wildman–Crippen LogP) is 4.39. The molecule has 10 heteroatoms. The minimum absolute atomic E-state index is 0.0141. The average molecular weight is 527 g/mol. The van der Waals surface area contributed by atoms with Crippen LogP contribution in [0.3, 0.4) is 0 Å². The summed E-state index contributed by atoms with van der Waals surface area (Å²) in [5.41, 5.74) is 4.05. The van der Waals surface area contributed by atoms with Crippen LogP contribution < -0.4 is 10.1 Å². The lowest BCUT2D eigenvalue weighted by Gasteiger charge is -2.17. The van der Waals surface area contributed by atoms with Gasteiger partial charge in [-0.15, -0.1) is 0 Å². The van der Waals surface area contributed by atoms with Gasteiger partial charge in [0.2, 0.25) is 5.82 Å². The molecule has 0 amide bonds. The Morgan fingerprint density at radius 3 is 2.64 bits per heavy atom. The van der Waals surface area contributed by atoms with Crippen LogP contribution in [0.4, 0.5) is 5.82 Å². The number of aliphatic hydroxyl groups is 1. The number of nitriles is 1. The van der Waals surface area contributed by atoms with Gasteiger partial charge in [0.15, 0.2) is 11.5 Å². The van der Waals surface area contributed by atoms with Gasteiger partial charge in [-0.25, -0.2) is 19.7 Å². The molecule has 0 radical (unpaired) electrons. The van der Waals surface area contributed by atoms with E-state index < -0.39 is 5.97 Å². The zero-order valence-corrected chi connectivity index (χ0v) is 21.9. The predicted molar refractivity (Wildman–Crippen MR) is 146 cm³/mol. The Hall–Kier alpha value is -4.49. The van der Waals surface area contributed by atoms with Gasteiger partial charge < -0.3 is 24.8 Å². The van der Waals surface area contributed by atoms with Crippen molar-refractivity contribution in [2.24, 2.45) is 5.92 Å². The van der Waals surface area contributed by atoms with Gasteiger partial charge in [-0.3, -0.25) is 0 Å². The fourth-order valence-corrected chi connectivity index (χ4v) is 4.58. The van der Waals surface area contributed by atoms with E-state index in [2.05, 4.69) is 28.3 Å². The van der Waals surface area contributed by atoms with Crippen LogP contribution in [0.15, 0.2) is 42.5 Å². The second kappa shape index (κ2) is 11.1. The number of aromatic carboxylic acids is 1. The van der Waals surface area contributed by atoms with Crippen molar-refractivity contribution in [2.45, 2.75) is 45.7 Å². The maximum atomic E-state index is 11.9. The normalized spacial score (nSPS) is 13.7. The number of carbonyl (C=O) groups is 1. The van der Waals surface area contributed by atoms with Crippen LogP contribution in [-0.4, -0.2) is 55.0 Å². The number of benzene rings is 2. The molecule has 1 unspecified atom stereocenters. The highest BCUT2D eigenvalue weighted by molar-refractivity contribution is 5.92. The fourth-order valence-electron chi connectivity index (χ4n) is 4.58. The number of fused-ring (bicyclic) bond motifs is 1. The maximum Gasteiger partial charge on any atom is 0.374 e. The highest BCUT2D eigenvalue weighted by atomic mass is 16.5. The number of hydrogen-bond donors (Lipinski definition) is 3. The molecule has 200 valence electrons. The highest BCUT2D eigenvalue weighted by Gasteiger charge is 2.30. The van der Waals surface area contributed by atoms with Crippen LogP contribution in [-0.2, 0) is 6.54 Å². The van der Waals surface area contributed by atoms with Gasteiger partial charge in [0.1, 0.15) is 17.1 Å². The molecule has 0 spiro atoms. The minimum atomic E-state index is -1.23. The SMILES string of the molecule is Cc1ccc(OCCCO)c(-c2nc3nc(C(=O)O)nc(NC(C)C4CC4)c3n2Cc2ccc(C#N)cc2)c1. The highest BCUT2D eigenvalue weighted by Crippen LogP contribution is 2.37. The maximum absolute atomic E-state index is 11.9. The Balaban J connectivity index is 1.72. The van der Waals surface area contributed by atoms with Crippen molar-refractivity contribution in [3.63, 3.8) is 0 Å². The van der Waals surface area contributed by atoms with Crippen LogP contribution in [0, 0.1) is 24.2 Å². The molecule has 0 saturated heterocycles. The first kappa shape index (κ1) is 26.1. The number of carboxylic acid groups (broad SMARTS) is 1. The molecule has 1 aliphatic carbocycles. The second-order valence-electron chi connectivity index (χ2n) is 9.90. The Morgan fingerprint density at radius 2 is 1.97 bits per heavy atom. The summed E-state index contributed by atoms with van der Waals surface area (Å²) in [6, 6.07) is 15.3. The van der Waals surface area contributed by atoms with Crippen molar-refractivity contribution in [1.82, 2.24) is 19.5 Å². The first-order valence-electron chi connectivity index (χ1n) is 13.0. The molecule has 1 fully saturated rings. The van der Waals surface area contributed by atoms with E-state index in [-0.39, 0.29) is 24.1 Å². The van der Waals surface area contributed by atoms with Crippen LogP contribution in [0.5, 0.6) is 5.75 Å². The standard InChI is InChI=1S/C29H30N6O4/c1-17-4-11-23(39-13-3-12-36)22(14-17)28-34-26-24(35(28)16-20-7-5-19(15-30)6-8-20)25(31-18(2)21-9-10-21)32-27(33-26)29(37)38/h4-8,11,14,18,21,36H,3,9-10,12-13,16H2,1-2H3,(H,37,38)(H,31,32,33). The van der Waals surface area contributed by atoms with Gasteiger partial charge in [-0.2, -0.15) is 5.26 Å². The van der Waals surface area contributed by atoms with Crippen molar-refractivity contribution in [1.29, 1.82) is 5.26 Å². The Bertz CT molecular complexity index is 1550. The van der Waals surface area contributed by atoms with Gasteiger partial charge >= 0.3 is 5.97 Å². The van der Waals surface area contributed by atoms with Crippen LogP contribution in [0.2, 0.25) is 0 Å². The second-order valence-corrected chi connectivity index (χ2v) is 9.90. The van der Waals surface area contributed by atoms with Gasteiger partial charge in [0, 0.05) is 25.6 Å². The van der Waals surface area contributed by atoms with Gasteiger partial charge in [-0.1, -0.05) is 23.8 Å². The molecule has 39 heavy (non-hydrogen) atoms. The summed E-state index contributed by atoms with van der Waals surface area (Å²) in [5.74, 6) is 0.506. The largest absolute Gasteiger partial charge is 0.493 e. The lowest BCUT2D eigenvalue weighted by atomic mass is 10.1. The summed E-state index contributed by atoms with van der Waals surface area (Å²) in [6.07, 6.45) is 2.71. The number of imidazole rings is 1. The molecule has 2 aromatic heterocycles. The molecule has 2 heterocycles. The third-order valence-electron chi connectivity index (χ3n) is 6.85. The number of aliphatic hydroxyl groups excluding tert-OH is 1. The summed E-state index contributed by atoms with van der Waals surface area (Å²) in [6.45, 7) is 4.77. The number of anilines is 1. The van der Waals surface area contributed by atoms with E-state index in [0.29, 0.717) is 54.0 Å². The number of hydrogen-bond acceptors (Lipinski definition) is 8. The monoisotopic (exact) mass is 526 g/mol. The quantitative estimate of drug-likeness (QED) is 0.242. The van der Waals surface area contributed by atoms with Gasteiger partial charge in [-0.05, 0) is 62.4 Å². The number of carboxylic acids is 1. The van der Waals surface area contributed by atoms with Crippen molar-refractivity contribution >= 4 is 23.0 Å². The van der Waals surface area contributed by atoms with E-state index in [4.69, 9.17) is 9.72 Å². The van der Waals surface area contributed by atoms with E-state index in [9.17, 15) is 20.3 Å². The number of aromatic nitrogens is 4. The van der Waals surface area contributed by atoms with E-state index in [1.165, 1.54) is 0 Å². The molecule has 4 aromatic rings. The van der Waals surface area contributed by atoms with Gasteiger partial charge in [0.25, 0.3) is 0 Å². The van der Waals surface area contributed by atoms with Crippen LogP contribution >= 0.6 is 0 Å². The van der Waals surface area contributed by atoms with E-state index in [1.807, 2.05) is 41.8 Å². The lowest BCUT2D eigenvalue weighted by Crippen LogP contribution is -2.20. The Kier molecular flexibility index (Phi) is 7.43. The summed E-state index contributed by atoms with van der Waals surface area (Å²) < 4.78 is 7.99. The molecule has 1 aliphatic rings. The van der Waals surface area contributed by atoms with Gasteiger partial charge in [0.05, 0.1) is 23.8 Å². The van der Waals surface area contributed by atoms with Crippen molar-refractivity contribution < 1.29 is 19.7 Å². The summed E-state index contributed by atoms with van der Waals surface area (Å²) in [7, 11) is 0. The van der Waals surface area contributed by atoms with Crippen molar-refractivity contribution in [3.8, 4) is 23.2 Å². The molecule has 5 rings (SSSR count). The first-order valence-corrected chi connectivity index (χ1v) is 13.0. The first-order chi connectivity index (χ1) is 18.9. The molecular weight excluding hydrogens is 496 g/mol. The minimum Gasteiger partial charge on any atom is -0.493 e. The molecule has 3 N–H and O–H groups in total. The molecule has 10 nitrogen and oxygen atoms in total. The lowest BCUT2D eigenvalue weighted by molar-refractivity contribution is 0.0684. The number of ether oxygens (including phenoxy) is 1. The topological polar surface area (TPSA) is 146 Å². The van der Waals surface area contributed by atoms with Crippen molar-refractivity contribution in [3.05, 3.63) is 65.0 Å². The zero-order chi connectivity index (χ0) is 27.5. The van der Waals surface area contributed by atoms with Crippen LogP contribution in [0.1, 0.15) is 53.5 Å². The van der Waals surface area contributed by atoms with E-state index >= 15 is 0 Å². The molecule has 0 aliphatic heterocycles. The molecule has 0 bridgehead atoms. The molecule has 1 saturated carbocycles. The summed E-state index contributed by atoms with van der Waals surface area (Å²) in [4.78, 5) is 25.5. The molecule has 2 aromatic carbocycles. The van der Waals surface area contributed by atoms with Crippen LogP contribution in [0.25, 0.3) is 22.6 Å². The Labute approximate surface area is 225 Å². The number of nitrogens with zero attached hydrogens (tertiary/aromatic N) is 5. The number of aryl methyl sites for hydroxylation is 1. The molecular formula is C29H30N6O4. The third-order valence-corrected chi connectivity index (χ3v) is 6.85. The van der Waals surface area contributed by atoms with E-state index in [0.717, 1.165) is 29.5 Å². The average Bonchev–Trinajstić information content (AvgIpc) is 3.72. The third kappa shape index (κ3) is 5.68. The zero-order valence-electron chi connectivity index (χ0n) is 21.9. The summed E-state index contributed by atoms with van der Waals surface area (Å²) in [5, 5.41) is 31.7. The van der Waals surface area contributed by atoms with E-state index in [1.54, 1.807) is 12.1 Å². The number of nitrogens with one attached hydrogen (secondary N) is 1. The molecule has 1 atom stereocenters. The van der Waals surface area contributed by atoms with Crippen molar-refractivity contribution in [2.75, 3.05) is 18.5 Å². The fraction of sp³-hybridized carbons (Fsp3) is 0.345. The smallest absolute Gasteiger partial charge is 0.374 e.